The number of likely N-dealkylation sites (tertiary alicyclic amines) is 1. The Balaban J connectivity index is 2.48. The standard InChI is InChI=1S/C11H22N2O3/c1-11(2,3)16-10(15)13-5-4-8(6-12)9(14)7-13/h8-9,14H,4-7,12H2,1-3H3/t8-,9?/m0/s1. The van der Waals surface area contributed by atoms with E-state index >= 15 is 0 Å². The van der Waals surface area contributed by atoms with E-state index in [9.17, 15) is 9.90 Å². The molecule has 0 aromatic rings. The molecule has 1 rings (SSSR count). The molecule has 1 amide bonds. The molecule has 94 valence electrons. The summed E-state index contributed by atoms with van der Waals surface area (Å²) in [7, 11) is 0. The first-order valence-corrected chi connectivity index (χ1v) is 5.69. The molecular weight excluding hydrogens is 208 g/mol. The van der Waals surface area contributed by atoms with Crippen molar-refractivity contribution in [2.75, 3.05) is 19.6 Å². The van der Waals surface area contributed by atoms with E-state index in [0.29, 0.717) is 19.6 Å². The van der Waals surface area contributed by atoms with Crippen LogP contribution in [0.25, 0.3) is 0 Å². The number of aliphatic hydroxyl groups is 1. The highest BCUT2D eigenvalue weighted by Gasteiger charge is 2.31. The zero-order chi connectivity index (χ0) is 12.3. The molecule has 1 fully saturated rings. The highest BCUT2D eigenvalue weighted by atomic mass is 16.6. The third kappa shape index (κ3) is 3.64. The number of β-amino-alcohol motifs (C(OH)–C–C–N with tert-alkyl or cyclic N) is 1. The van der Waals surface area contributed by atoms with Gasteiger partial charge in [-0.1, -0.05) is 0 Å². The van der Waals surface area contributed by atoms with E-state index in [2.05, 4.69) is 0 Å². The minimum absolute atomic E-state index is 0.0960. The van der Waals surface area contributed by atoms with Gasteiger partial charge in [0.25, 0.3) is 0 Å². The number of hydrogen-bond acceptors (Lipinski definition) is 4. The van der Waals surface area contributed by atoms with Crippen molar-refractivity contribution in [3.05, 3.63) is 0 Å². The van der Waals surface area contributed by atoms with Crippen molar-refractivity contribution in [1.29, 1.82) is 0 Å². The summed E-state index contributed by atoms with van der Waals surface area (Å²) in [5.74, 6) is 0.0960. The van der Waals surface area contributed by atoms with Crippen LogP contribution in [0.3, 0.4) is 0 Å². The predicted octanol–water partition coefficient (Wildman–Crippen LogP) is 0.563. The molecular formula is C11H22N2O3. The summed E-state index contributed by atoms with van der Waals surface area (Å²) >= 11 is 0. The lowest BCUT2D eigenvalue weighted by atomic mass is 9.94. The Hall–Kier alpha value is -0.810. The van der Waals surface area contributed by atoms with Crippen LogP contribution >= 0.6 is 0 Å². The minimum Gasteiger partial charge on any atom is -0.444 e. The van der Waals surface area contributed by atoms with E-state index in [1.165, 1.54) is 0 Å². The maximum absolute atomic E-state index is 11.7. The molecule has 0 aromatic heterocycles. The van der Waals surface area contributed by atoms with Crippen molar-refractivity contribution in [1.82, 2.24) is 4.90 Å². The lowest BCUT2D eigenvalue weighted by molar-refractivity contribution is -0.0110. The van der Waals surface area contributed by atoms with Gasteiger partial charge in [0.2, 0.25) is 0 Å². The molecule has 1 unspecified atom stereocenters. The van der Waals surface area contributed by atoms with Crippen molar-refractivity contribution in [2.24, 2.45) is 11.7 Å². The average Bonchev–Trinajstić information content (AvgIpc) is 2.15. The molecule has 2 atom stereocenters. The minimum atomic E-state index is -0.536. The van der Waals surface area contributed by atoms with Crippen molar-refractivity contribution in [2.45, 2.75) is 38.9 Å². The van der Waals surface area contributed by atoms with Crippen molar-refractivity contribution in [3.63, 3.8) is 0 Å². The fraction of sp³-hybridized carbons (Fsp3) is 0.909. The topological polar surface area (TPSA) is 75.8 Å². The third-order valence-electron chi connectivity index (χ3n) is 2.68. The van der Waals surface area contributed by atoms with Gasteiger partial charge in [-0.25, -0.2) is 4.79 Å². The van der Waals surface area contributed by atoms with Gasteiger partial charge in [-0.15, -0.1) is 0 Å². The lowest BCUT2D eigenvalue weighted by Crippen LogP contribution is -2.49. The fourth-order valence-electron chi connectivity index (χ4n) is 1.75. The number of amides is 1. The molecule has 0 spiro atoms. The quantitative estimate of drug-likeness (QED) is 0.690. The Morgan fingerprint density at radius 2 is 2.19 bits per heavy atom. The molecule has 0 saturated carbocycles. The number of nitrogens with two attached hydrogens (primary N) is 1. The number of ether oxygens (including phenoxy) is 1. The third-order valence-corrected chi connectivity index (χ3v) is 2.68. The van der Waals surface area contributed by atoms with Crippen LogP contribution in [0.1, 0.15) is 27.2 Å². The highest BCUT2D eigenvalue weighted by molar-refractivity contribution is 5.68. The van der Waals surface area contributed by atoms with Crippen molar-refractivity contribution in [3.8, 4) is 0 Å². The molecule has 1 aliphatic rings. The summed E-state index contributed by atoms with van der Waals surface area (Å²) in [6, 6.07) is 0. The number of nitrogens with zero attached hydrogens (tertiary/aromatic N) is 1. The van der Waals surface area contributed by atoms with E-state index in [1.54, 1.807) is 4.90 Å². The monoisotopic (exact) mass is 230 g/mol. The van der Waals surface area contributed by atoms with Gasteiger partial charge in [0.05, 0.1) is 12.6 Å². The van der Waals surface area contributed by atoms with E-state index in [1.807, 2.05) is 20.8 Å². The Morgan fingerprint density at radius 3 is 2.62 bits per heavy atom. The van der Waals surface area contributed by atoms with Gasteiger partial charge in [0.1, 0.15) is 5.60 Å². The Morgan fingerprint density at radius 1 is 1.56 bits per heavy atom. The first-order chi connectivity index (χ1) is 7.33. The lowest BCUT2D eigenvalue weighted by Gasteiger charge is -2.36. The zero-order valence-electron chi connectivity index (χ0n) is 10.3. The second-order valence-electron chi connectivity index (χ2n) is 5.28. The zero-order valence-corrected chi connectivity index (χ0v) is 10.3. The average molecular weight is 230 g/mol. The van der Waals surface area contributed by atoms with Crippen LogP contribution in [-0.2, 0) is 4.74 Å². The SMILES string of the molecule is CC(C)(C)OC(=O)N1CC[C@@H](CN)C(O)C1. The van der Waals surface area contributed by atoms with Crippen LogP contribution in [0.5, 0.6) is 0 Å². The molecule has 0 aliphatic carbocycles. The van der Waals surface area contributed by atoms with Crippen LogP contribution in [-0.4, -0.2) is 47.4 Å². The molecule has 3 N–H and O–H groups in total. The molecule has 5 nitrogen and oxygen atoms in total. The smallest absolute Gasteiger partial charge is 0.410 e. The van der Waals surface area contributed by atoms with Gasteiger partial charge in [0.15, 0.2) is 0 Å². The van der Waals surface area contributed by atoms with Crippen LogP contribution in [0.15, 0.2) is 0 Å². The maximum Gasteiger partial charge on any atom is 0.410 e. The number of rotatable bonds is 1. The number of piperidine rings is 1. The predicted molar refractivity (Wildman–Crippen MR) is 61.0 cm³/mol. The number of carbonyl (C=O) groups is 1. The van der Waals surface area contributed by atoms with Gasteiger partial charge >= 0.3 is 6.09 Å². The van der Waals surface area contributed by atoms with Crippen LogP contribution in [0, 0.1) is 5.92 Å². The second-order valence-corrected chi connectivity index (χ2v) is 5.28. The molecule has 0 radical (unpaired) electrons. The molecule has 0 aromatic carbocycles. The number of carbonyl (C=O) groups excluding carboxylic acids is 1. The highest BCUT2D eigenvalue weighted by Crippen LogP contribution is 2.19. The van der Waals surface area contributed by atoms with Gasteiger partial charge in [-0.3, -0.25) is 0 Å². The molecule has 1 heterocycles. The molecule has 16 heavy (non-hydrogen) atoms. The molecule has 5 heteroatoms. The van der Waals surface area contributed by atoms with E-state index in [-0.39, 0.29) is 12.0 Å². The van der Waals surface area contributed by atoms with Gasteiger partial charge in [-0.05, 0) is 33.7 Å². The second kappa shape index (κ2) is 5.01. The fourth-order valence-corrected chi connectivity index (χ4v) is 1.75. The number of aliphatic hydroxyl groups excluding tert-OH is 1. The summed E-state index contributed by atoms with van der Waals surface area (Å²) in [4.78, 5) is 13.3. The van der Waals surface area contributed by atoms with E-state index in [4.69, 9.17) is 10.5 Å². The van der Waals surface area contributed by atoms with E-state index < -0.39 is 11.7 Å². The molecule has 0 bridgehead atoms. The van der Waals surface area contributed by atoms with Crippen molar-refractivity contribution < 1.29 is 14.6 Å². The Labute approximate surface area is 96.6 Å². The summed E-state index contributed by atoms with van der Waals surface area (Å²) in [6.45, 7) is 6.86. The summed E-state index contributed by atoms with van der Waals surface area (Å²) in [5, 5.41) is 9.76. The summed E-state index contributed by atoms with van der Waals surface area (Å²) in [6.07, 6.45) is -0.162. The Bertz CT molecular complexity index is 250. The number of hydrogen-bond donors (Lipinski definition) is 2. The first kappa shape index (κ1) is 13.3. The van der Waals surface area contributed by atoms with Gasteiger partial charge < -0.3 is 20.5 Å². The molecule has 1 aliphatic heterocycles. The van der Waals surface area contributed by atoms with Crippen LogP contribution in [0.4, 0.5) is 4.79 Å². The van der Waals surface area contributed by atoms with Crippen LogP contribution < -0.4 is 5.73 Å². The Kier molecular flexibility index (Phi) is 4.15. The molecule has 1 saturated heterocycles. The first-order valence-electron chi connectivity index (χ1n) is 5.69. The summed E-state index contributed by atoms with van der Waals surface area (Å²) in [5.41, 5.74) is 5.03. The van der Waals surface area contributed by atoms with Crippen LogP contribution in [0.2, 0.25) is 0 Å². The summed E-state index contributed by atoms with van der Waals surface area (Å²) < 4.78 is 5.24. The maximum atomic E-state index is 11.7. The van der Waals surface area contributed by atoms with Gasteiger partial charge in [0, 0.05) is 12.5 Å². The van der Waals surface area contributed by atoms with Gasteiger partial charge in [-0.2, -0.15) is 0 Å². The van der Waals surface area contributed by atoms with E-state index in [0.717, 1.165) is 6.42 Å². The normalized spacial score (nSPS) is 26.7. The largest absolute Gasteiger partial charge is 0.444 e. The van der Waals surface area contributed by atoms with Crippen molar-refractivity contribution >= 4 is 6.09 Å².